The van der Waals surface area contributed by atoms with Gasteiger partial charge in [-0.1, -0.05) is 23.9 Å². The second-order valence-corrected chi connectivity index (χ2v) is 4.51. The molecule has 0 bridgehead atoms. The van der Waals surface area contributed by atoms with Crippen molar-refractivity contribution in [2.24, 2.45) is 0 Å². The minimum absolute atomic E-state index is 0.104. The van der Waals surface area contributed by atoms with Crippen LogP contribution in [0.25, 0.3) is 0 Å². The molecule has 94 valence electrons. The Kier molecular flexibility index (Phi) is 3.88. The quantitative estimate of drug-likeness (QED) is 0.811. The van der Waals surface area contributed by atoms with Gasteiger partial charge < -0.3 is 14.8 Å². The van der Waals surface area contributed by atoms with Crippen LogP contribution in [0, 0.1) is 0 Å². The fourth-order valence-corrected chi connectivity index (χ4v) is 2.16. The van der Waals surface area contributed by atoms with Crippen LogP contribution in [0.2, 0.25) is 0 Å². The molecule has 0 atom stereocenters. The van der Waals surface area contributed by atoms with E-state index in [4.69, 9.17) is 9.84 Å². The molecule has 0 saturated heterocycles. The van der Waals surface area contributed by atoms with Crippen LogP contribution >= 0.6 is 11.8 Å². The number of H-pyrrole nitrogens is 1. The van der Waals surface area contributed by atoms with E-state index < -0.39 is 5.97 Å². The SMILES string of the molecule is COc1ccc(CSc2ncc(C(=O)O)[nH]2)cc1. The van der Waals surface area contributed by atoms with Crippen molar-refractivity contribution in [2.75, 3.05) is 7.11 Å². The van der Waals surface area contributed by atoms with Crippen LogP contribution in [0.3, 0.4) is 0 Å². The Bertz CT molecular complexity index is 537. The van der Waals surface area contributed by atoms with E-state index >= 15 is 0 Å². The summed E-state index contributed by atoms with van der Waals surface area (Å²) < 4.78 is 5.07. The maximum absolute atomic E-state index is 10.7. The summed E-state index contributed by atoms with van der Waals surface area (Å²) in [7, 11) is 1.63. The Hall–Kier alpha value is -1.95. The van der Waals surface area contributed by atoms with Gasteiger partial charge in [0.05, 0.1) is 13.3 Å². The highest BCUT2D eigenvalue weighted by molar-refractivity contribution is 7.98. The lowest BCUT2D eigenvalue weighted by molar-refractivity contribution is 0.0690. The minimum atomic E-state index is -1.00. The third-order valence-electron chi connectivity index (χ3n) is 2.32. The van der Waals surface area contributed by atoms with E-state index in [0.717, 1.165) is 17.1 Å². The summed E-state index contributed by atoms with van der Waals surface area (Å²) in [4.78, 5) is 17.4. The number of carboxylic acid groups (broad SMARTS) is 1. The van der Waals surface area contributed by atoms with E-state index in [0.29, 0.717) is 5.16 Å². The largest absolute Gasteiger partial charge is 0.497 e. The molecule has 1 aromatic carbocycles. The van der Waals surface area contributed by atoms with Crippen molar-refractivity contribution in [3.8, 4) is 5.75 Å². The van der Waals surface area contributed by atoms with Crippen molar-refractivity contribution in [1.82, 2.24) is 9.97 Å². The molecule has 0 unspecified atom stereocenters. The number of aromatic nitrogens is 2. The number of aromatic carboxylic acids is 1. The van der Waals surface area contributed by atoms with Gasteiger partial charge in [-0.05, 0) is 17.7 Å². The number of nitrogens with one attached hydrogen (secondary N) is 1. The standard InChI is InChI=1S/C12H12N2O3S/c1-17-9-4-2-8(3-5-9)7-18-12-13-6-10(14-12)11(15)16/h2-6H,7H2,1H3,(H,13,14)(H,15,16). The Labute approximate surface area is 108 Å². The Balaban J connectivity index is 1.95. The topological polar surface area (TPSA) is 75.2 Å². The third kappa shape index (κ3) is 3.04. The summed E-state index contributed by atoms with van der Waals surface area (Å²) in [6.07, 6.45) is 1.32. The zero-order valence-electron chi connectivity index (χ0n) is 9.71. The Morgan fingerprint density at radius 1 is 1.44 bits per heavy atom. The normalized spacial score (nSPS) is 10.3. The molecule has 1 heterocycles. The smallest absolute Gasteiger partial charge is 0.353 e. The van der Waals surface area contributed by atoms with Crippen LogP contribution in [0.5, 0.6) is 5.75 Å². The summed E-state index contributed by atoms with van der Waals surface area (Å²) in [5.74, 6) is 0.532. The lowest BCUT2D eigenvalue weighted by Crippen LogP contribution is -1.95. The van der Waals surface area contributed by atoms with Gasteiger partial charge >= 0.3 is 5.97 Å². The lowest BCUT2D eigenvalue weighted by Gasteiger charge is -2.02. The van der Waals surface area contributed by atoms with Gasteiger partial charge in [0.2, 0.25) is 0 Å². The molecule has 2 rings (SSSR count). The lowest BCUT2D eigenvalue weighted by atomic mass is 10.2. The first kappa shape index (κ1) is 12.5. The number of thioether (sulfide) groups is 1. The molecule has 5 nitrogen and oxygen atoms in total. The minimum Gasteiger partial charge on any atom is -0.497 e. The fourth-order valence-electron chi connectivity index (χ4n) is 1.36. The number of ether oxygens (including phenoxy) is 1. The molecule has 0 aliphatic rings. The van der Waals surface area contributed by atoms with Gasteiger partial charge in [0.15, 0.2) is 5.16 Å². The molecule has 0 aliphatic carbocycles. The van der Waals surface area contributed by atoms with Crippen molar-refractivity contribution in [3.63, 3.8) is 0 Å². The van der Waals surface area contributed by atoms with Gasteiger partial charge in [0.25, 0.3) is 0 Å². The van der Waals surface area contributed by atoms with Gasteiger partial charge in [-0.15, -0.1) is 0 Å². The van der Waals surface area contributed by atoms with E-state index in [1.165, 1.54) is 18.0 Å². The van der Waals surface area contributed by atoms with Gasteiger partial charge in [0, 0.05) is 5.75 Å². The molecule has 2 N–H and O–H groups in total. The van der Waals surface area contributed by atoms with Gasteiger partial charge in [-0.3, -0.25) is 0 Å². The molecule has 0 aliphatic heterocycles. The van der Waals surface area contributed by atoms with Crippen molar-refractivity contribution < 1.29 is 14.6 Å². The predicted molar refractivity (Wildman–Crippen MR) is 68.1 cm³/mol. The zero-order chi connectivity index (χ0) is 13.0. The second-order valence-electron chi connectivity index (χ2n) is 3.54. The number of carboxylic acids is 1. The summed E-state index contributed by atoms with van der Waals surface area (Å²) in [5, 5.41) is 9.35. The van der Waals surface area contributed by atoms with Crippen molar-refractivity contribution in [2.45, 2.75) is 10.9 Å². The highest BCUT2D eigenvalue weighted by atomic mass is 32.2. The Morgan fingerprint density at radius 2 is 2.17 bits per heavy atom. The summed E-state index contributed by atoms with van der Waals surface area (Å²) >= 11 is 1.45. The zero-order valence-corrected chi connectivity index (χ0v) is 10.5. The average molecular weight is 264 g/mol. The number of benzene rings is 1. The first-order valence-corrected chi connectivity index (χ1v) is 6.21. The first-order chi connectivity index (χ1) is 8.69. The molecular weight excluding hydrogens is 252 g/mol. The highest BCUT2D eigenvalue weighted by Crippen LogP contribution is 2.21. The maximum atomic E-state index is 10.7. The second kappa shape index (κ2) is 5.59. The molecule has 0 amide bonds. The van der Waals surface area contributed by atoms with Gasteiger partial charge in [0.1, 0.15) is 11.4 Å². The number of nitrogens with zero attached hydrogens (tertiary/aromatic N) is 1. The van der Waals surface area contributed by atoms with E-state index in [9.17, 15) is 4.79 Å². The molecule has 0 fully saturated rings. The van der Waals surface area contributed by atoms with Crippen LogP contribution in [0.1, 0.15) is 16.1 Å². The molecule has 0 saturated carbocycles. The summed E-state index contributed by atoms with van der Waals surface area (Å²) in [6.45, 7) is 0. The van der Waals surface area contributed by atoms with E-state index in [2.05, 4.69) is 9.97 Å². The molecule has 2 aromatic rings. The number of hydrogen-bond acceptors (Lipinski definition) is 4. The molecule has 18 heavy (non-hydrogen) atoms. The highest BCUT2D eigenvalue weighted by Gasteiger charge is 2.07. The maximum Gasteiger partial charge on any atom is 0.353 e. The van der Waals surface area contributed by atoms with Crippen molar-refractivity contribution in [1.29, 1.82) is 0 Å². The monoisotopic (exact) mass is 264 g/mol. The number of rotatable bonds is 5. The summed E-state index contributed by atoms with van der Waals surface area (Å²) in [6, 6.07) is 7.71. The van der Waals surface area contributed by atoms with Crippen LogP contribution in [0.15, 0.2) is 35.6 Å². The molecule has 6 heteroatoms. The number of methoxy groups -OCH3 is 1. The van der Waals surface area contributed by atoms with E-state index in [1.54, 1.807) is 7.11 Å². The van der Waals surface area contributed by atoms with E-state index in [1.807, 2.05) is 24.3 Å². The van der Waals surface area contributed by atoms with Crippen LogP contribution in [-0.4, -0.2) is 28.2 Å². The first-order valence-electron chi connectivity index (χ1n) is 5.23. The molecule has 0 radical (unpaired) electrons. The number of carbonyl (C=O) groups is 1. The van der Waals surface area contributed by atoms with Crippen LogP contribution in [0.4, 0.5) is 0 Å². The van der Waals surface area contributed by atoms with Crippen molar-refractivity contribution in [3.05, 3.63) is 41.7 Å². The van der Waals surface area contributed by atoms with Gasteiger partial charge in [-0.25, -0.2) is 9.78 Å². The van der Waals surface area contributed by atoms with E-state index in [-0.39, 0.29) is 5.69 Å². The third-order valence-corrected chi connectivity index (χ3v) is 3.28. The number of hydrogen-bond donors (Lipinski definition) is 2. The molecular formula is C12H12N2O3S. The number of imidazole rings is 1. The molecule has 0 spiro atoms. The van der Waals surface area contributed by atoms with Gasteiger partial charge in [-0.2, -0.15) is 0 Å². The fraction of sp³-hybridized carbons (Fsp3) is 0.167. The summed E-state index contributed by atoms with van der Waals surface area (Å²) in [5.41, 5.74) is 1.22. The van der Waals surface area contributed by atoms with Crippen LogP contribution in [-0.2, 0) is 5.75 Å². The molecule has 1 aromatic heterocycles. The Morgan fingerprint density at radius 3 is 2.72 bits per heavy atom. The average Bonchev–Trinajstić information content (AvgIpc) is 2.86. The predicted octanol–water partition coefficient (Wildman–Crippen LogP) is 2.41. The van der Waals surface area contributed by atoms with Crippen LogP contribution < -0.4 is 4.74 Å². The van der Waals surface area contributed by atoms with Crippen molar-refractivity contribution >= 4 is 17.7 Å². The number of aromatic amines is 1.